The van der Waals surface area contributed by atoms with Gasteiger partial charge in [-0.3, -0.25) is 4.79 Å². The summed E-state index contributed by atoms with van der Waals surface area (Å²) < 4.78 is 6.81. The van der Waals surface area contributed by atoms with Gasteiger partial charge in [-0.15, -0.1) is 0 Å². The molecule has 0 radical (unpaired) electrons. The Morgan fingerprint density at radius 1 is 1.29 bits per heavy atom. The summed E-state index contributed by atoms with van der Waals surface area (Å²) in [6.07, 6.45) is 4.13. The molecule has 2 bridgehead atoms. The van der Waals surface area contributed by atoms with Crippen LogP contribution in [-0.2, 0) is 4.74 Å². The molecular formula is C18H21N3O3. The molecule has 1 unspecified atom stereocenters. The number of nitrogens with one attached hydrogen (secondary N) is 1. The zero-order valence-corrected chi connectivity index (χ0v) is 13.7. The van der Waals surface area contributed by atoms with Crippen LogP contribution in [0.3, 0.4) is 0 Å². The van der Waals surface area contributed by atoms with Gasteiger partial charge in [0.05, 0.1) is 17.6 Å². The van der Waals surface area contributed by atoms with Crippen LogP contribution in [-0.4, -0.2) is 34.2 Å². The highest BCUT2D eigenvalue weighted by molar-refractivity contribution is 5.89. The van der Waals surface area contributed by atoms with Gasteiger partial charge in [-0.25, -0.2) is 9.78 Å². The minimum absolute atomic E-state index is 0.0947. The number of benzene rings is 1. The molecule has 126 valence electrons. The number of esters is 1. The number of carbonyl (C=O) groups is 1. The summed E-state index contributed by atoms with van der Waals surface area (Å²) in [7, 11) is 0. The van der Waals surface area contributed by atoms with Crippen LogP contribution in [0.15, 0.2) is 29.1 Å². The molecule has 3 atom stereocenters. The van der Waals surface area contributed by atoms with E-state index in [1.807, 2.05) is 24.3 Å². The second-order valence-corrected chi connectivity index (χ2v) is 6.61. The van der Waals surface area contributed by atoms with E-state index in [1.54, 1.807) is 11.5 Å². The van der Waals surface area contributed by atoms with E-state index in [2.05, 4.69) is 10.3 Å². The van der Waals surface area contributed by atoms with E-state index in [4.69, 9.17) is 4.74 Å². The molecular weight excluding hydrogens is 306 g/mol. The summed E-state index contributed by atoms with van der Waals surface area (Å²) in [4.78, 5) is 29.5. The Kier molecular flexibility index (Phi) is 3.84. The number of carbonyl (C=O) groups excluding carboxylic acids is 1. The predicted molar refractivity (Wildman–Crippen MR) is 90.2 cm³/mol. The molecule has 0 aliphatic carbocycles. The minimum atomic E-state index is -0.640. The lowest BCUT2D eigenvalue weighted by molar-refractivity contribution is 0.0516. The summed E-state index contributed by atoms with van der Waals surface area (Å²) >= 11 is 0. The summed E-state index contributed by atoms with van der Waals surface area (Å²) in [6, 6.07) is 8.52. The van der Waals surface area contributed by atoms with Crippen molar-refractivity contribution < 1.29 is 9.53 Å². The SMILES string of the molecule is CCOC(=O)c1nc2ccccc2n(C2C[C@H]3CC[C@@H](C2)N3)c1=O. The molecule has 2 aliphatic rings. The molecule has 0 saturated carbocycles. The number of nitrogens with zero attached hydrogens (tertiary/aromatic N) is 2. The fraction of sp³-hybridized carbons (Fsp3) is 0.500. The number of hydrogen-bond acceptors (Lipinski definition) is 5. The quantitative estimate of drug-likeness (QED) is 0.873. The van der Waals surface area contributed by atoms with E-state index < -0.39 is 5.97 Å². The Morgan fingerprint density at radius 3 is 2.71 bits per heavy atom. The van der Waals surface area contributed by atoms with Crippen LogP contribution in [0.25, 0.3) is 11.0 Å². The fourth-order valence-corrected chi connectivity index (χ4v) is 4.09. The van der Waals surface area contributed by atoms with E-state index in [0.29, 0.717) is 17.6 Å². The van der Waals surface area contributed by atoms with E-state index in [1.165, 1.54) is 0 Å². The minimum Gasteiger partial charge on any atom is -0.461 e. The monoisotopic (exact) mass is 327 g/mol. The molecule has 3 heterocycles. The Hall–Kier alpha value is -2.21. The van der Waals surface area contributed by atoms with Crippen molar-refractivity contribution in [1.29, 1.82) is 0 Å². The molecule has 6 nitrogen and oxygen atoms in total. The number of rotatable bonds is 3. The standard InChI is InChI=1S/C18H21N3O3/c1-2-24-18(23)16-17(22)21(15-6-4-3-5-14(15)20-16)13-9-11-7-8-12(10-13)19-11/h3-6,11-13,19H,2,7-10H2,1H3/t11-,12+,13?. The van der Waals surface area contributed by atoms with Crippen LogP contribution >= 0.6 is 0 Å². The third-order valence-electron chi connectivity index (χ3n) is 5.08. The van der Waals surface area contributed by atoms with Crippen molar-refractivity contribution in [1.82, 2.24) is 14.9 Å². The molecule has 24 heavy (non-hydrogen) atoms. The normalized spacial score (nSPS) is 25.8. The maximum atomic E-state index is 13.0. The summed E-state index contributed by atoms with van der Waals surface area (Å²) in [5.41, 5.74) is 1.01. The molecule has 2 fully saturated rings. The summed E-state index contributed by atoms with van der Waals surface area (Å²) in [6.45, 7) is 1.95. The number of hydrogen-bond donors (Lipinski definition) is 1. The second-order valence-electron chi connectivity index (χ2n) is 6.61. The molecule has 0 spiro atoms. The highest BCUT2D eigenvalue weighted by Crippen LogP contribution is 2.34. The van der Waals surface area contributed by atoms with Gasteiger partial charge in [0, 0.05) is 18.1 Å². The van der Waals surface area contributed by atoms with E-state index in [-0.39, 0.29) is 23.9 Å². The molecule has 2 saturated heterocycles. The van der Waals surface area contributed by atoms with Crippen LogP contribution in [0, 0.1) is 0 Å². The highest BCUT2D eigenvalue weighted by atomic mass is 16.5. The molecule has 1 aromatic carbocycles. The maximum Gasteiger partial charge on any atom is 0.362 e. The van der Waals surface area contributed by atoms with Gasteiger partial charge in [0.25, 0.3) is 5.56 Å². The van der Waals surface area contributed by atoms with E-state index in [0.717, 1.165) is 31.2 Å². The van der Waals surface area contributed by atoms with Gasteiger partial charge in [-0.2, -0.15) is 0 Å². The Morgan fingerprint density at radius 2 is 2.00 bits per heavy atom. The number of ether oxygens (including phenoxy) is 1. The third kappa shape index (κ3) is 2.51. The average molecular weight is 327 g/mol. The Bertz CT molecular complexity index is 833. The molecule has 4 rings (SSSR count). The predicted octanol–water partition coefficient (Wildman–Crippen LogP) is 2.03. The third-order valence-corrected chi connectivity index (χ3v) is 5.08. The lowest BCUT2D eigenvalue weighted by Gasteiger charge is -2.31. The van der Waals surface area contributed by atoms with Crippen molar-refractivity contribution in [2.75, 3.05) is 6.61 Å². The Labute approximate surface area is 139 Å². The molecule has 6 heteroatoms. The van der Waals surface area contributed by atoms with Crippen LogP contribution < -0.4 is 10.9 Å². The first-order chi connectivity index (χ1) is 11.7. The van der Waals surface area contributed by atoms with E-state index >= 15 is 0 Å². The van der Waals surface area contributed by atoms with Crippen molar-refractivity contribution in [3.63, 3.8) is 0 Å². The van der Waals surface area contributed by atoms with Crippen LogP contribution in [0.2, 0.25) is 0 Å². The first-order valence-electron chi connectivity index (χ1n) is 8.61. The van der Waals surface area contributed by atoms with Crippen molar-refractivity contribution in [2.45, 2.75) is 50.7 Å². The lowest BCUT2D eigenvalue weighted by Crippen LogP contribution is -2.42. The second kappa shape index (κ2) is 6.02. The lowest BCUT2D eigenvalue weighted by atomic mass is 9.99. The average Bonchev–Trinajstić information content (AvgIpc) is 2.92. The van der Waals surface area contributed by atoms with Crippen molar-refractivity contribution >= 4 is 17.0 Å². The number of aromatic nitrogens is 2. The van der Waals surface area contributed by atoms with Crippen LogP contribution in [0.5, 0.6) is 0 Å². The van der Waals surface area contributed by atoms with Gasteiger partial charge >= 0.3 is 5.97 Å². The molecule has 1 aromatic heterocycles. The molecule has 1 N–H and O–H groups in total. The number of piperidine rings is 1. The number of para-hydroxylation sites is 2. The highest BCUT2D eigenvalue weighted by Gasteiger charge is 2.35. The topological polar surface area (TPSA) is 73.2 Å². The number of fused-ring (bicyclic) bond motifs is 3. The zero-order chi connectivity index (χ0) is 16.7. The van der Waals surface area contributed by atoms with Gasteiger partial charge in [-0.05, 0) is 44.7 Å². The van der Waals surface area contributed by atoms with Crippen molar-refractivity contribution in [2.24, 2.45) is 0 Å². The maximum absolute atomic E-state index is 13.0. The van der Waals surface area contributed by atoms with E-state index in [9.17, 15) is 9.59 Å². The molecule has 2 aliphatic heterocycles. The van der Waals surface area contributed by atoms with Crippen LogP contribution in [0.4, 0.5) is 0 Å². The van der Waals surface area contributed by atoms with Crippen molar-refractivity contribution in [3.8, 4) is 0 Å². The van der Waals surface area contributed by atoms with Crippen LogP contribution in [0.1, 0.15) is 49.1 Å². The zero-order valence-electron chi connectivity index (χ0n) is 13.7. The molecule has 0 amide bonds. The van der Waals surface area contributed by atoms with Gasteiger partial charge < -0.3 is 14.6 Å². The van der Waals surface area contributed by atoms with Crippen molar-refractivity contribution in [3.05, 3.63) is 40.3 Å². The summed E-state index contributed by atoms with van der Waals surface area (Å²) in [5.74, 6) is -0.640. The van der Waals surface area contributed by atoms with Gasteiger partial charge in [0.15, 0.2) is 0 Å². The smallest absolute Gasteiger partial charge is 0.362 e. The first-order valence-corrected chi connectivity index (χ1v) is 8.61. The largest absolute Gasteiger partial charge is 0.461 e. The van der Waals surface area contributed by atoms with Gasteiger partial charge in [0.1, 0.15) is 0 Å². The molecule has 2 aromatic rings. The van der Waals surface area contributed by atoms with Gasteiger partial charge in [-0.1, -0.05) is 12.1 Å². The van der Waals surface area contributed by atoms with Gasteiger partial charge in [0.2, 0.25) is 5.69 Å². The fourth-order valence-electron chi connectivity index (χ4n) is 4.09. The summed E-state index contributed by atoms with van der Waals surface area (Å²) in [5, 5.41) is 3.59. The Balaban J connectivity index is 1.87. The first kappa shape index (κ1) is 15.3.